The minimum absolute atomic E-state index is 0.149. The third-order valence-electron chi connectivity index (χ3n) is 5.92. The molecular formula is C29H26N2O4S2. The van der Waals surface area contributed by atoms with E-state index in [1.807, 2.05) is 78.2 Å². The Hall–Kier alpha value is -3.75. The maximum absolute atomic E-state index is 13.7. The van der Waals surface area contributed by atoms with Gasteiger partial charge in [-0.05, 0) is 54.1 Å². The lowest BCUT2D eigenvalue weighted by atomic mass is 10.0. The van der Waals surface area contributed by atoms with E-state index in [-0.39, 0.29) is 12.2 Å². The number of thiazole rings is 1. The van der Waals surface area contributed by atoms with Gasteiger partial charge in [0, 0.05) is 4.88 Å². The van der Waals surface area contributed by atoms with Crippen LogP contribution in [0.1, 0.15) is 42.3 Å². The predicted molar refractivity (Wildman–Crippen MR) is 147 cm³/mol. The number of benzene rings is 2. The molecule has 2 aromatic heterocycles. The Labute approximate surface area is 222 Å². The van der Waals surface area contributed by atoms with E-state index in [0.29, 0.717) is 27.2 Å². The lowest BCUT2D eigenvalue weighted by Crippen LogP contribution is -2.39. The number of carbonyl (C=O) groups is 1. The van der Waals surface area contributed by atoms with Crippen LogP contribution in [0.2, 0.25) is 0 Å². The van der Waals surface area contributed by atoms with Gasteiger partial charge in [-0.25, -0.2) is 9.79 Å². The van der Waals surface area contributed by atoms with Gasteiger partial charge in [-0.3, -0.25) is 9.36 Å². The van der Waals surface area contributed by atoms with Crippen molar-refractivity contribution in [2.24, 2.45) is 4.99 Å². The van der Waals surface area contributed by atoms with Crippen LogP contribution in [-0.2, 0) is 16.1 Å². The van der Waals surface area contributed by atoms with Gasteiger partial charge in [0.25, 0.3) is 5.56 Å². The monoisotopic (exact) mass is 530 g/mol. The summed E-state index contributed by atoms with van der Waals surface area (Å²) in [5.74, 6) is 0.327. The van der Waals surface area contributed by atoms with Crippen molar-refractivity contribution in [1.29, 1.82) is 0 Å². The van der Waals surface area contributed by atoms with Crippen LogP contribution in [0, 0.1) is 0 Å². The second-order valence-corrected chi connectivity index (χ2v) is 10.6. The van der Waals surface area contributed by atoms with Crippen LogP contribution in [0.15, 0.2) is 93.2 Å². The van der Waals surface area contributed by atoms with Gasteiger partial charge in [0.15, 0.2) is 4.80 Å². The fourth-order valence-electron chi connectivity index (χ4n) is 4.13. The second kappa shape index (κ2) is 11.1. The molecule has 3 heterocycles. The van der Waals surface area contributed by atoms with Crippen LogP contribution >= 0.6 is 22.7 Å². The summed E-state index contributed by atoms with van der Waals surface area (Å²) in [6.07, 6.45) is 2.79. The number of allylic oxidation sites excluding steroid dienone is 1. The summed E-state index contributed by atoms with van der Waals surface area (Å²) < 4.78 is 13.5. The van der Waals surface area contributed by atoms with Gasteiger partial charge in [0.1, 0.15) is 18.4 Å². The molecule has 0 aliphatic carbocycles. The van der Waals surface area contributed by atoms with E-state index >= 15 is 0 Å². The van der Waals surface area contributed by atoms with Crippen LogP contribution in [0.5, 0.6) is 5.75 Å². The number of esters is 1. The number of hydrogen-bond acceptors (Lipinski definition) is 7. The fourth-order valence-corrected chi connectivity index (χ4v) is 6.00. The van der Waals surface area contributed by atoms with Crippen LogP contribution in [0.4, 0.5) is 0 Å². The van der Waals surface area contributed by atoms with Crippen molar-refractivity contribution in [1.82, 2.24) is 4.57 Å². The van der Waals surface area contributed by atoms with E-state index < -0.39 is 12.0 Å². The van der Waals surface area contributed by atoms with Crippen LogP contribution in [0.25, 0.3) is 6.08 Å². The highest BCUT2D eigenvalue weighted by atomic mass is 32.1. The third-order valence-corrected chi connectivity index (χ3v) is 7.83. The highest BCUT2D eigenvalue weighted by Gasteiger charge is 2.34. The Morgan fingerprint density at radius 3 is 2.57 bits per heavy atom. The van der Waals surface area contributed by atoms with Gasteiger partial charge in [0.2, 0.25) is 0 Å². The number of nitrogens with zero attached hydrogens (tertiary/aromatic N) is 2. The Kier molecular flexibility index (Phi) is 7.48. The first kappa shape index (κ1) is 24.9. The zero-order valence-electron chi connectivity index (χ0n) is 20.5. The van der Waals surface area contributed by atoms with Crippen molar-refractivity contribution >= 4 is 34.7 Å². The molecule has 1 aliphatic rings. The quantitative estimate of drug-likeness (QED) is 0.306. The topological polar surface area (TPSA) is 69.9 Å². The van der Waals surface area contributed by atoms with Crippen molar-refractivity contribution in [2.45, 2.75) is 32.9 Å². The number of hydrogen-bond donors (Lipinski definition) is 0. The number of ether oxygens (including phenoxy) is 2. The Morgan fingerprint density at radius 2 is 1.86 bits per heavy atom. The van der Waals surface area contributed by atoms with Gasteiger partial charge >= 0.3 is 5.97 Å². The zero-order valence-corrected chi connectivity index (χ0v) is 22.2. The number of fused-ring (bicyclic) bond motifs is 1. The van der Waals surface area contributed by atoms with E-state index in [1.165, 1.54) is 22.7 Å². The van der Waals surface area contributed by atoms with Gasteiger partial charge in [-0.1, -0.05) is 66.8 Å². The van der Waals surface area contributed by atoms with Crippen molar-refractivity contribution in [2.75, 3.05) is 6.61 Å². The van der Waals surface area contributed by atoms with Gasteiger partial charge < -0.3 is 9.47 Å². The molecule has 1 atom stereocenters. The lowest BCUT2D eigenvalue weighted by molar-refractivity contribution is -0.140. The van der Waals surface area contributed by atoms with Crippen LogP contribution in [0.3, 0.4) is 0 Å². The Morgan fingerprint density at radius 1 is 1.08 bits per heavy atom. The first-order valence-electron chi connectivity index (χ1n) is 12.0. The van der Waals surface area contributed by atoms with Crippen LogP contribution in [-0.4, -0.2) is 17.1 Å². The van der Waals surface area contributed by atoms with Gasteiger partial charge in [-0.2, -0.15) is 0 Å². The fraction of sp³-hybridized carbons (Fsp3) is 0.207. The highest BCUT2D eigenvalue weighted by Crippen LogP contribution is 2.33. The lowest BCUT2D eigenvalue weighted by Gasteiger charge is -2.23. The molecule has 1 aliphatic heterocycles. The van der Waals surface area contributed by atoms with Crippen molar-refractivity contribution in [3.8, 4) is 5.75 Å². The van der Waals surface area contributed by atoms with Gasteiger partial charge in [0.05, 0.1) is 22.4 Å². The van der Waals surface area contributed by atoms with Crippen molar-refractivity contribution in [3.63, 3.8) is 0 Å². The van der Waals surface area contributed by atoms with E-state index in [0.717, 1.165) is 28.2 Å². The molecule has 4 aromatic rings. The van der Waals surface area contributed by atoms with E-state index in [2.05, 4.69) is 11.9 Å². The predicted octanol–water partition coefficient (Wildman–Crippen LogP) is 4.83. The number of thiophene rings is 1. The van der Waals surface area contributed by atoms with E-state index in [4.69, 9.17) is 9.47 Å². The summed E-state index contributed by atoms with van der Waals surface area (Å²) in [4.78, 5) is 33.1. The smallest absolute Gasteiger partial charge is 0.338 e. The molecule has 0 unspecified atom stereocenters. The maximum atomic E-state index is 13.7. The largest absolute Gasteiger partial charge is 0.494 e. The summed E-state index contributed by atoms with van der Waals surface area (Å²) >= 11 is 2.82. The standard InChI is InChI=1S/C29H26N2O4S2/c1-3-15-34-22-13-11-20(12-14-22)17-24-27(32)31-26(23-10-7-16-36-23)25(19(2)30-29(31)37-24)28(33)35-18-21-8-5-4-6-9-21/h4-14,16-17,26H,3,15,18H2,1-2H3/b24-17+/t26-/m1/s1. The van der Waals surface area contributed by atoms with E-state index in [1.54, 1.807) is 11.5 Å². The molecule has 0 spiro atoms. The molecule has 2 aromatic carbocycles. The third kappa shape index (κ3) is 5.35. The first-order valence-corrected chi connectivity index (χ1v) is 13.7. The minimum atomic E-state index is -0.591. The summed E-state index contributed by atoms with van der Waals surface area (Å²) in [5.41, 5.74) is 2.54. The average Bonchev–Trinajstić information content (AvgIpc) is 3.55. The van der Waals surface area contributed by atoms with E-state index in [9.17, 15) is 9.59 Å². The molecule has 0 N–H and O–H groups in total. The summed E-state index contributed by atoms with van der Waals surface area (Å²) in [6.45, 7) is 4.67. The molecule has 0 amide bonds. The summed E-state index contributed by atoms with van der Waals surface area (Å²) in [7, 11) is 0. The number of carbonyl (C=O) groups excluding carboxylic acids is 1. The molecule has 37 heavy (non-hydrogen) atoms. The molecular weight excluding hydrogens is 504 g/mol. The SMILES string of the molecule is CCCOc1ccc(/C=c2/sc3n(c2=O)[C@H](c2cccs2)C(C(=O)OCc2ccccc2)=C(C)N=3)cc1. The van der Waals surface area contributed by atoms with Gasteiger partial charge in [-0.15, -0.1) is 11.3 Å². The van der Waals surface area contributed by atoms with Crippen LogP contribution < -0.4 is 19.6 Å². The Balaban J connectivity index is 1.51. The molecule has 0 bridgehead atoms. The molecule has 0 fully saturated rings. The molecule has 6 nitrogen and oxygen atoms in total. The summed E-state index contributed by atoms with van der Waals surface area (Å²) in [5, 5.41) is 1.94. The number of rotatable bonds is 8. The molecule has 5 rings (SSSR count). The maximum Gasteiger partial charge on any atom is 0.338 e. The second-order valence-electron chi connectivity index (χ2n) is 8.58. The normalized spacial score (nSPS) is 15.3. The number of aromatic nitrogens is 1. The Bertz CT molecular complexity index is 1600. The van der Waals surface area contributed by atoms with Crippen molar-refractivity contribution < 1.29 is 14.3 Å². The first-order chi connectivity index (χ1) is 18.0. The molecule has 0 saturated heterocycles. The van der Waals surface area contributed by atoms with Crippen molar-refractivity contribution in [3.05, 3.63) is 119 Å². The highest BCUT2D eigenvalue weighted by molar-refractivity contribution is 7.10. The molecule has 188 valence electrons. The minimum Gasteiger partial charge on any atom is -0.494 e. The molecule has 0 saturated carbocycles. The molecule has 0 radical (unpaired) electrons. The average molecular weight is 531 g/mol. The molecule has 8 heteroatoms. The summed E-state index contributed by atoms with van der Waals surface area (Å²) in [6, 6.07) is 20.4. The zero-order chi connectivity index (χ0) is 25.8.